The lowest BCUT2D eigenvalue weighted by Gasteiger charge is -2.32. The second-order valence-corrected chi connectivity index (χ2v) is 10.3. The van der Waals surface area contributed by atoms with Gasteiger partial charge in [0.15, 0.2) is 0 Å². The van der Waals surface area contributed by atoms with E-state index in [1.165, 1.54) is 16.1 Å². The molecule has 1 heterocycles. The Hall–Kier alpha value is -0.630. The molecule has 0 saturated heterocycles. The van der Waals surface area contributed by atoms with Gasteiger partial charge >= 0.3 is 0 Å². The van der Waals surface area contributed by atoms with Crippen molar-refractivity contribution in [3.8, 4) is 0 Å². The topological polar surface area (TPSA) is 20.2 Å². The third-order valence-corrected chi connectivity index (χ3v) is 5.40. The van der Waals surface area contributed by atoms with Crippen LogP contribution in [-0.4, -0.2) is 9.85 Å². The quantitative estimate of drug-likeness (QED) is 0.603. The van der Waals surface area contributed by atoms with E-state index >= 15 is 0 Å². The van der Waals surface area contributed by atoms with Crippen LogP contribution in [0.15, 0.2) is 34.0 Å². The Morgan fingerprint density at radius 3 is 2.10 bits per heavy atom. The van der Waals surface area contributed by atoms with Crippen molar-refractivity contribution in [1.29, 1.82) is 0 Å². The van der Waals surface area contributed by atoms with Crippen LogP contribution in [0.1, 0.15) is 55.4 Å². The summed E-state index contributed by atoms with van der Waals surface area (Å²) in [4.78, 5) is 1.35. The molecule has 0 spiro atoms. The Balaban J connectivity index is 2.60. The minimum atomic E-state index is 0.0499. The fourth-order valence-corrected chi connectivity index (χ4v) is 5.11. The highest BCUT2D eigenvalue weighted by atomic mass is 32.2. The highest BCUT2D eigenvalue weighted by Gasteiger charge is 2.44. The molecule has 0 aromatic rings. The molecule has 0 aromatic heterocycles. The van der Waals surface area contributed by atoms with Crippen molar-refractivity contribution in [2.24, 2.45) is 16.7 Å². The van der Waals surface area contributed by atoms with Gasteiger partial charge in [0, 0.05) is 15.6 Å². The third kappa shape index (κ3) is 2.59. The predicted octanol–water partition coefficient (Wildman–Crippen LogP) is 5.86. The maximum atomic E-state index is 10.5. The van der Waals surface area contributed by atoms with Crippen LogP contribution in [0.5, 0.6) is 0 Å². The second-order valence-electron chi connectivity index (χ2n) is 8.59. The zero-order valence-electron chi connectivity index (χ0n) is 14.1. The van der Waals surface area contributed by atoms with Crippen molar-refractivity contribution >= 4 is 11.8 Å². The molecule has 1 unspecified atom stereocenters. The van der Waals surface area contributed by atoms with Crippen molar-refractivity contribution in [3.05, 3.63) is 34.0 Å². The minimum absolute atomic E-state index is 0.0499. The summed E-state index contributed by atoms with van der Waals surface area (Å²) in [5.74, 6) is 0.625. The summed E-state index contributed by atoms with van der Waals surface area (Å²) in [5.41, 5.74) is 2.87. The maximum Gasteiger partial charge on any atom is 0.100 e. The average molecular weight is 292 g/mol. The largest absolute Gasteiger partial charge is 0.512 e. The molecule has 1 aliphatic carbocycles. The zero-order valence-corrected chi connectivity index (χ0v) is 14.9. The van der Waals surface area contributed by atoms with E-state index in [2.05, 4.69) is 61.5 Å². The molecule has 2 heteroatoms. The lowest BCUT2D eigenvalue weighted by atomic mass is 9.73. The Morgan fingerprint density at radius 2 is 1.65 bits per heavy atom. The van der Waals surface area contributed by atoms with Crippen molar-refractivity contribution in [2.75, 3.05) is 0 Å². The lowest BCUT2D eigenvalue weighted by Crippen LogP contribution is -2.26. The number of thioether (sulfide) groups is 1. The fourth-order valence-electron chi connectivity index (χ4n) is 3.57. The number of aliphatic hydroxyl groups excluding tert-OH is 1. The van der Waals surface area contributed by atoms with E-state index < -0.39 is 0 Å². The molecule has 0 saturated carbocycles. The Labute approximate surface area is 128 Å². The number of hydrogen-bond donors (Lipinski definition) is 1. The van der Waals surface area contributed by atoms with E-state index in [9.17, 15) is 5.11 Å². The molecule has 0 amide bonds. The first-order valence-corrected chi connectivity index (χ1v) is 8.23. The summed E-state index contributed by atoms with van der Waals surface area (Å²) in [6.07, 6.45) is 4.30. The van der Waals surface area contributed by atoms with Gasteiger partial charge in [-0.15, -0.1) is 11.8 Å². The molecule has 112 valence electrons. The molecule has 0 aromatic carbocycles. The first kappa shape index (κ1) is 15.8. The SMILES string of the molecule is CC(C)(C)C1=C2C=C(O)C(C(C)(C)C)C=C2SC1(C)C. The number of hydrogen-bond acceptors (Lipinski definition) is 2. The molecule has 0 bridgehead atoms. The molecule has 0 radical (unpaired) electrons. The lowest BCUT2D eigenvalue weighted by molar-refractivity contribution is 0.239. The van der Waals surface area contributed by atoms with E-state index in [-0.39, 0.29) is 21.5 Å². The Kier molecular flexibility index (Phi) is 3.49. The monoisotopic (exact) mass is 292 g/mol. The van der Waals surface area contributed by atoms with Crippen LogP contribution >= 0.6 is 11.8 Å². The van der Waals surface area contributed by atoms with Crippen LogP contribution < -0.4 is 0 Å². The molecule has 1 atom stereocenters. The Morgan fingerprint density at radius 1 is 1.10 bits per heavy atom. The predicted molar refractivity (Wildman–Crippen MR) is 89.9 cm³/mol. The number of aliphatic hydroxyl groups is 1. The third-order valence-electron chi connectivity index (χ3n) is 4.11. The molecule has 2 rings (SSSR count). The van der Waals surface area contributed by atoms with Crippen LogP contribution in [0.3, 0.4) is 0 Å². The first-order valence-electron chi connectivity index (χ1n) is 7.41. The molecule has 20 heavy (non-hydrogen) atoms. The highest BCUT2D eigenvalue weighted by Crippen LogP contribution is 2.58. The van der Waals surface area contributed by atoms with Crippen molar-refractivity contribution in [1.82, 2.24) is 0 Å². The van der Waals surface area contributed by atoms with Gasteiger partial charge in [-0.1, -0.05) is 47.6 Å². The van der Waals surface area contributed by atoms with Crippen molar-refractivity contribution < 1.29 is 5.11 Å². The van der Waals surface area contributed by atoms with Gasteiger partial charge in [-0.3, -0.25) is 0 Å². The van der Waals surface area contributed by atoms with E-state index in [0.717, 1.165) is 0 Å². The van der Waals surface area contributed by atoms with Crippen LogP contribution in [0, 0.1) is 16.7 Å². The molecule has 1 nitrogen and oxygen atoms in total. The van der Waals surface area contributed by atoms with Gasteiger partial charge in [0.25, 0.3) is 0 Å². The second kappa shape index (κ2) is 4.43. The van der Waals surface area contributed by atoms with E-state index in [4.69, 9.17) is 0 Å². The Bertz CT molecular complexity index is 519. The number of allylic oxidation sites excluding steroid dienone is 3. The molecule has 2 aliphatic rings. The summed E-state index contributed by atoms with van der Waals surface area (Å²) in [6.45, 7) is 17.9. The molecule has 0 fully saturated rings. The van der Waals surface area contributed by atoms with Gasteiger partial charge in [0.05, 0.1) is 0 Å². The summed E-state index contributed by atoms with van der Waals surface area (Å²) in [7, 11) is 0. The van der Waals surface area contributed by atoms with E-state index in [1.807, 2.05) is 17.8 Å². The highest BCUT2D eigenvalue weighted by molar-refractivity contribution is 8.05. The van der Waals surface area contributed by atoms with E-state index in [0.29, 0.717) is 5.76 Å². The van der Waals surface area contributed by atoms with Crippen LogP contribution in [0.4, 0.5) is 0 Å². The molecular weight excluding hydrogens is 264 g/mol. The van der Waals surface area contributed by atoms with Gasteiger partial charge < -0.3 is 5.11 Å². The summed E-state index contributed by atoms with van der Waals surface area (Å²) >= 11 is 1.94. The van der Waals surface area contributed by atoms with Crippen molar-refractivity contribution in [3.63, 3.8) is 0 Å². The summed E-state index contributed by atoms with van der Waals surface area (Å²) in [5, 5.41) is 10.5. The summed E-state index contributed by atoms with van der Waals surface area (Å²) in [6, 6.07) is 0. The standard InChI is InChI=1S/C18H28OS/c1-16(2,3)12-10-14-11(9-13(12)19)15(17(4,5)6)18(7,8)20-14/h9-10,12,19H,1-8H3. The fraction of sp³-hybridized carbons (Fsp3) is 0.667. The van der Waals surface area contributed by atoms with Crippen LogP contribution in [0.25, 0.3) is 0 Å². The van der Waals surface area contributed by atoms with Crippen LogP contribution in [0.2, 0.25) is 0 Å². The maximum absolute atomic E-state index is 10.5. The van der Waals surface area contributed by atoms with Gasteiger partial charge in [-0.05, 0) is 41.9 Å². The van der Waals surface area contributed by atoms with Gasteiger partial charge in [0.2, 0.25) is 0 Å². The van der Waals surface area contributed by atoms with Gasteiger partial charge in [-0.2, -0.15) is 0 Å². The van der Waals surface area contributed by atoms with Crippen molar-refractivity contribution in [2.45, 2.75) is 60.1 Å². The molecule has 1 aliphatic heterocycles. The minimum Gasteiger partial charge on any atom is -0.512 e. The zero-order chi connectivity index (χ0) is 15.5. The molecular formula is C18H28OS. The number of fused-ring (bicyclic) bond motifs is 1. The first-order chi connectivity index (χ1) is 8.84. The normalized spacial score (nSPS) is 26.3. The number of rotatable bonds is 0. The van der Waals surface area contributed by atoms with Gasteiger partial charge in [0.1, 0.15) is 5.76 Å². The average Bonchev–Trinajstić information content (AvgIpc) is 2.43. The smallest absolute Gasteiger partial charge is 0.100 e. The molecule has 1 N–H and O–H groups in total. The summed E-state index contributed by atoms with van der Waals surface area (Å²) < 4.78 is 0.100. The van der Waals surface area contributed by atoms with Crippen LogP contribution in [-0.2, 0) is 0 Å². The van der Waals surface area contributed by atoms with Gasteiger partial charge in [-0.25, -0.2) is 0 Å². The van der Waals surface area contributed by atoms with E-state index in [1.54, 1.807) is 0 Å².